The van der Waals surface area contributed by atoms with Gasteiger partial charge < -0.3 is 20.5 Å². The van der Waals surface area contributed by atoms with Crippen LogP contribution in [0.3, 0.4) is 0 Å². The first-order valence-corrected chi connectivity index (χ1v) is 12.3. The molecule has 0 spiro atoms. The molecule has 1 amide bonds. The average molecular weight is 547 g/mol. The van der Waals surface area contributed by atoms with Crippen molar-refractivity contribution in [2.75, 3.05) is 12.3 Å². The van der Waals surface area contributed by atoms with Gasteiger partial charge in [0.25, 0.3) is 0 Å². The molecule has 3 aromatic rings. The number of para-hydroxylation sites is 1. The minimum atomic E-state index is -0.383. The fraction of sp³-hybridized carbons (Fsp3) is 0.200. The number of nitrogens with two attached hydrogens (primary N) is 1. The van der Waals surface area contributed by atoms with Crippen molar-refractivity contribution in [3.05, 3.63) is 86.3 Å². The summed E-state index contributed by atoms with van der Waals surface area (Å²) in [5.74, 6) is 1.42. The summed E-state index contributed by atoms with van der Waals surface area (Å²) in [6.45, 7) is 3.27. The number of allylic oxidation sites excluding steroid dienone is 1. The number of carbonyl (C=O) groups excluding carboxylic acids is 2. The zero-order valence-corrected chi connectivity index (χ0v) is 21.9. The van der Waals surface area contributed by atoms with Gasteiger partial charge in [-0.3, -0.25) is 9.59 Å². The van der Waals surface area contributed by atoms with E-state index in [1.807, 2.05) is 0 Å². The quantitative estimate of drug-likeness (QED) is 0.315. The van der Waals surface area contributed by atoms with Crippen LogP contribution in [0.2, 0.25) is 10.0 Å². The maximum Gasteiger partial charge on any atom is 0.227 e. The van der Waals surface area contributed by atoms with Crippen LogP contribution in [0.25, 0.3) is 0 Å². The molecule has 0 radical (unpaired) electrons. The number of nitrogen functional groups attached to an aromatic ring is 1. The van der Waals surface area contributed by atoms with E-state index < -0.39 is 0 Å². The summed E-state index contributed by atoms with van der Waals surface area (Å²) in [4.78, 5) is 35.4. The van der Waals surface area contributed by atoms with Gasteiger partial charge in [0.1, 0.15) is 23.1 Å². The van der Waals surface area contributed by atoms with Crippen LogP contribution in [0.15, 0.2) is 59.3 Å². The molecule has 0 aliphatic heterocycles. The number of thioether (sulfide) groups is 1. The zero-order chi connectivity index (χ0) is 26.2. The molecule has 3 rings (SSSR count). The van der Waals surface area contributed by atoms with E-state index in [1.54, 1.807) is 56.4 Å². The molecule has 0 atom stereocenters. The standard InChI is InChI=1S/C25H24Cl2N4O4S/c1-15(31(14-33)13-17-12-29-16(2)30-24(17)28)23(9-10-32)36-25(34)19-11-18(26)7-8-21(19)35-22-6-4-3-5-20(22)27/h3-8,11-12,14,32H,9-10,13H2,1-2H3,(H2,28,29,30). The van der Waals surface area contributed by atoms with Crippen molar-refractivity contribution in [1.82, 2.24) is 14.9 Å². The molecule has 0 aliphatic rings. The maximum atomic E-state index is 13.4. The second kappa shape index (κ2) is 12.7. The number of benzene rings is 2. The third-order valence-corrected chi connectivity index (χ3v) is 6.79. The van der Waals surface area contributed by atoms with Crippen molar-refractivity contribution in [1.29, 1.82) is 0 Å². The third-order valence-electron chi connectivity index (χ3n) is 5.09. The zero-order valence-electron chi connectivity index (χ0n) is 19.6. The van der Waals surface area contributed by atoms with Crippen LogP contribution in [0, 0.1) is 6.92 Å². The topological polar surface area (TPSA) is 119 Å². The molecule has 0 aliphatic carbocycles. The summed E-state index contributed by atoms with van der Waals surface area (Å²) in [6, 6.07) is 11.6. The summed E-state index contributed by atoms with van der Waals surface area (Å²) >= 11 is 13.3. The smallest absolute Gasteiger partial charge is 0.227 e. The molecule has 188 valence electrons. The second-order valence-electron chi connectivity index (χ2n) is 7.61. The minimum absolute atomic E-state index is 0.100. The number of amides is 1. The number of rotatable bonds is 10. The number of carbonyl (C=O) groups is 2. The van der Waals surface area contributed by atoms with Gasteiger partial charge in [0, 0.05) is 40.4 Å². The van der Waals surface area contributed by atoms with E-state index >= 15 is 0 Å². The van der Waals surface area contributed by atoms with Crippen LogP contribution in [-0.2, 0) is 11.3 Å². The Morgan fingerprint density at radius 3 is 2.64 bits per heavy atom. The summed E-state index contributed by atoms with van der Waals surface area (Å²) in [5, 5.41) is 9.99. The molecule has 36 heavy (non-hydrogen) atoms. The average Bonchev–Trinajstić information content (AvgIpc) is 2.85. The van der Waals surface area contributed by atoms with Gasteiger partial charge in [-0.2, -0.15) is 0 Å². The Morgan fingerprint density at radius 2 is 1.97 bits per heavy atom. The van der Waals surface area contributed by atoms with E-state index in [2.05, 4.69) is 9.97 Å². The van der Waals surface area contributed by atoms with Gasteiger partial charge in [-0.1, -0.05) is 35.3 Å². The minimum Gasteiger partial charge on any atom is -0.455 e. The lowest BCUT2D eigenvalue weighted by Crippen LogP contribution is -2.22. The monoisotopic (exact) mass is 546 g/mol. The number of halogens is 2. The molecule has 2 aromatic carbocycles. The number of aliphatic hydroxyl groups is 1. The Hall–Kier alpha value is -3.11. The normalized spacial score (nSPS) is 11.6. The highest BCUT2D eigenvalue weighted by Crippen LogP contribution is 2.36. The summed E-state index contributed by atoms with van der Waals surface area (Å²) in [5.41, 5.74) is 7.22. The largest absolute Gasteiger partial charge is 0.455 e. The summed E-state index contributed by atoms with van der Waals surface area (Å²) in [7, 11) is 0. The molecular formula is C25H24Cl2N4O4S. The fourth-order valence-corrected chi connectivity index (χ4v) is 4.48. The highest BCUT2D eigenvalue weighted by molar-refractivity contribution is 8.17. The van der Waals surface area contributed by atoms with Crippen molar-refractivity contribution in [3.8, 4) is 11.5 Å². The Kier molecular flexibility index (Phi) is 9.72. The lowest BCUT2D eigenvalue weighted by atomic mass is 10.2. The lowest BCUT2D eigenvalue weighted by molar-refractivity contribution is -0.116. The van der Waals surface area contributed by atoms with Crippen molar-refractivity contribution >= 4 is 52.3 Å². The summed E-state index contributed by atoms with van der Waals surface area (Å²) in [6.07, 6.45) is 2.33. The van der Waals surface area contributed by atoms with Gasteiger partial charge in [-0.05, 0) is 55.9 Å². The number of aliphatic hydroxyl groups excluding tert-OH is 1. The number of aryl methyl sites for hydroxylation is 1. The van der Waals surface area contributed by atoms with Crippen molar-refractivity contribution < 1.29 is 19.4 Å². The Morgan fingerprint density at radius 1 is 1.22 bits per heavy atom. The predicted octanol–water partition coefficient (Wildman–Crippen LogP) is 5.61. The van der Waals surface area contributed by atoms with E-state index in [0.29, 0.717) is 44.2 Å². The Bertz CT molecular complexity index is 1300. The number of aromatic nitrogens is 2. The molecule has 0 unspecified atom stereocenters. The van der Waals surface area contributed by atoms with Crippen molar-refractivity contribution in [2.45, 2.75) is 26.8 Å². The van der Waals surface area contributed by atoms with Crippen LogP contribution in [0.1, 0.15) is 35.1 Å². The molecule has 8 nitrogen and oxygen atoms in total. The van der Waals surface area contributed by atoms with Gasteiger partial charge in [0.2, 0.25) is 11.5 Å². The highest BCUT2D eigenvalue weighted by Gasteiger charge is 2.21. The van der Waals surface area contributed by atoms with E-state index in [1.165, 1.54) is 11.0 Å². The molecule has 0 fully saturated rings. The van der Waals surface area contributed by atoms with E-state index in [4.69, 9.17) is 33.7 Å². The number of anilines is 1. The number of nitrogens with zero attached hydrogens (tertiary/aromatic N) is 3. The molecule has 1 heterocycles. The van der Waals surface area contributed by atoms with Crippen molar-refractivity contribution in [2.24, 2.45) is 0 Å². The maximum absolute atomic E-state index is 13.4. The molecule has 0 bridgehead atoms. The molecule has 11 heteroatoms. The Labute approximate surface area is 223 Å². The van der Waals surface area contributed by atoms with Crippen LogP contribution < -0.4 is 10.5 Å². The number of hydrogen-bond acceptors (Lipinski definition) is 8. The first kappa shape index (κ1) is 27.5. The molecular weight excluding hydrogens is 523 g/mol. The van der Waals surface area contributed by atoms with Gasteiger partial charge in [-0.15, -0.1) is 0 Å². The van der Waals surface area contributed by atoms with E-state index in [-0.39, 0.29) is 41.8 Å². The third kappa shape index (κ3) is 6.98. The lowest BCUT2D eigenvalue weighted by Gasteiger charge is -2.22. The van der Waals surface area contributed by atoms with E-state index in [9.17, 15) is 14.7 Å². The van der Waals surface area contributed by atoms with E-state index in [0.717, 1.165) is 11.8 Å². The highest BCUT2D eigenvalue weighted by atomic mass is 35.5. The molecule has 0 saturated heterocycles. The number of ether oxygens (including phenoxy) is 1. The Balaban J connectivity index is 1.91. The summed E-state index contributed by atoms with van der Waals surface area (Å²) < 4.78 is 5.90. The predicted molar refractivity (Wildman–Crippen MR) is 142 cm³/mol. The second-order valence-corrected chi connectivity index (χ2v) is 9.52. The van der Waals surface area contributed by atoms with Crippen LogP contribution in [0.4, 0.5) is 5.82 Å². The fourth-order valence-electron chi connectivity index (χ4n) is 3.18. The molecule has 1 aromatic heterocycles. The van der Waals surface area contributed by atoms with Crippen LogP contribution in [0.5, 0.6) is 11.5 Å². The van der Waals surface area contributed by atoms with Gasteiger partial charge in [-0.25, -0.2) is 9.97 Å². The first-order chi connectivity index (χ1) is 17.2. The molecule has 3 N–H and O–H groups in total. The molecule has 0 saturated carbocycles. The van der Waals surface area contributed by atoms with Crippen molar-refractivity contribution in [3.63, 3.8) is 0 Å². The van der Waals surface area contributed by atoms with Gasteiger partial charge in [0.05, 0.1) is 17.1 Å². The van der Waals surface area contributed by atoms with Crippen LogP contribution in [-0.4, -0.2) is 38.1 Å². The van der Waals surface area contributed by atoms with Gasteiger partial charge in [0.15, 0.2) is 0 Å². The number of hydrogen-bond donors (Lipinski definition) is 2. The van der Waals surface area contributed by atoms with Gasteiger partial charge >= 0.3 is 0 Å². The van der Waals surface area contributed by atoms with Crippen LogP contribution >= 0.6 is 35.0 Å². The first-order valence-electron chi connectivity index (χ1n) is 10.8. The SMILES string of the molecule is CC(=C(CCO)SC(=O)c1cc(Cl)ccc1Oc1ccccc1Cl)N(C=O)Cc1cnc(C)nc1N.